The van der Waals surface area contributed by atoms with E-state index in [0.717, 1.165) is 25.8 Å². The molecule has 0 N–H and O–H groups in total. The highest BCUT2D eigenvalue weighted by atomic mass is 16.1. The van der Waals surface area contributed by atoms with Gasteiger partial charge in [0.15, 0.2) is 0 Å². The molecule has 0 unspecified atom stereocenters. The molecule has 0 bridgehead atoms. The third-order valence-corrected chi connectivity index (χ3v) is 3.50. The summed E-state index contributed by atoms with van der Waals surface area (Å²) < 4.78 is 0. The number of hydrogen-bond acceptors (Lipinski definition) is 2. The van der Waals surface area contributed by atoms with E-state index < -0.39 is 0 Å². The van der Waals surface area contributed by atoms with Crippen molar-refractivity contribution in [3.8, 4) is 0 Å². The SMILES string of the molecule is CC[C@H](C=O)N(Cc1ccccc1)Cc1ccccc1. The van der Waals surface area contributed by atoms with E-state index in [0.29, 0.717) is 0 Å². The Morgan fingerprint density at radius 1 is 0.900 bits per heavy atom. The van der Waals surface area contributed by atoms with Gasteiger partial charge in [-0.05, 0) is 17.5 Å². The van der Waals surface area contributed by atoms with E-state index in [1.54, 1.807) is 0 Å². The number of carbonyl (C=O) groups is 1. The largest absolute Gasteiger partial charge is 0.302 e. The summed E-state index contributed by atoms with van der Waals surface area (Å²) in [5.74, 6) is 0. The lowest BCUT2D eigenvalue weighted by Crippen LogP contribution is -2.35. The summed E-state index contributed by atoms with van der Waals surface area (Å²) in [5.41, 5.74) is 2.48. The van der Waals surface area contributed by atoms with Gasteiger partial charge in [-0.25, -0.2) is 0 Å². The van der Waals surface area contributed by atoms with Gasteiger partial charge in [0.05, 0.1) is 6.04 Å². The van der Waals surface area contributed by atoms with Gasteiger partial charge in [0.2, 0.25) is 0 Å². The molecule has 0 aliphatic heterocycles. The van der Waals surface area contributed by atoms with E-state index in [4.69, 9.17) is 0 Å². The van der Waals surface area contributed by atoms with E-state index in [-0.39, 0.29) is 6.04 Å². The second-order valence-corrected chi connectivity index (χ2v) is 4.99. The number of hydrogen-bond donors (Lipinski definition) is 0. The minimum Gasteiger partial charge on any atom is -0.302 e. The molecule has 2 aromatic rings. The van der Waals surface area contributed by atoms with Crippen LogP contribution in [0.4, 0.5) is 0 Å². The minimum atomic E-state index is -0.0320. The van der Waals surface area contributed by atoms with Gasteiger partial charge in [-0.15, -0.1) is 0 Å². The molecule has 1 atom stereocenters. The van der Waals surface area contributed by atoms with Crippen LogP contribution in [0.25, 0.3) is 0 Å². The zero-order valence-corrected chi connectivity index (χ0v) is 11.9. The fourth-order valence-corrected chi connectivity index (χ4v) is 2.37. The van der Waals surface area contributed by atoms with Crippen LogP contribution in [0.1, 0.15) is 24.5 Å². The van der Waals surface area contributed by atoms with Crippen molar-refractivity contribution in [2.75, 3.05) is 0 Å². The average Bonchev–Trinajstić information content (AvgIpc) is 2.50. The van der Waals surface area contributed by atoms with Gasteiger partial charge in [0, 0.05) is 13.1 Å². The Bertz CT molecular complexity index is 468. The van der Waals surface area contributed by atoms with Gasteiger partial charge in [-0.3, -0.25) is 4.90 Å². The highest BCUT2D eigenvalue weighted by Crippen LogP contribution is 2.14. The second kappa shape index (κ2) is 7.61. The fraction of sp³-hybridized carbons (Fsp3) is 0.278. The van der Waals surface area contributed by atoms with Gasteiger partial charge in [0.25, 0.3) is 0 Å². The van der Waals surface area contributed by atoms with E-state index in [2.05, 4.69) is 36.1 Å². The van der Waals surface area contributed by atoms with Crippen LogP contribution in [0.15, 0.2) is 60.7 Å². The van der Waals surface area contributed by atoms with Crippen LogP contribution in [-0.4, -0.2) is 17.2 Å². The van der Waals surface area contributed by atoms with Crippen molar-refractivity contribution in [3.05, 3.63) is 71.8 Å². The molecule has 0 heterocycles. The van der Waals surface area contributed by atoms with Gasteiger partial charge in [0.1, 0.15) is 6.29 Å². The summed E-state index contributed by atoms with van der Waals surface area (Å²) >= 11 is 0. The molecule has 0 saturated heterocycles. The Morgan fingerprint density at radius 3 is 1.70 bits per heavy atom. The molecule has 2 aromatic carbocycles. The van der Waals surface area contributed by atoms with Crippen LogP contribution in [0.3, 0.4) is 0 Å². The van der Waals surface area contributed by atoms with Crippen molar-refractivity contribution in [2.24, 2.45) is 0 Å². The number of aldehydes is 1. The standard InChI is InChI=1S/C18H21NO/c1-2-18(15-20)19(13-16-9-5-3-6-10-16)14-17-11-7-4-8-12-17/h3-12,15,18H,2,13-14H2,1H3/t18-/m1/s1. The van der Waals surface area contributed by atoms with E-state index >= 15 is 0 Å². The zero-order valence-electron chi connectivity index (χ0n) is 11.9. The molecule has 0 amide bonds. The molecular formula is C18H21NO. The fourth-order valence-electron chi connectivity index (χ4n) is 2.37. The number of rotatable bonds is 7. The smallest absolute Gasteiger partial charge is 0.137 e. The molecule has 2 heteroatoms. The van der Waals surface area contributed by atoms with Crippen molar-refractivity contribution in [1.29, 1.82) is 0 Å². The van der Waals surface area contributed by atoms with Crippen molar-refractivity contribution < 1.29 is 4.79 Å². The van der Waals surface area contributed by atoms with E-state index in [9.17, 15) is 4.79 Å². The summed E-state index contributed by atoms with van der Waals surface area (Å²) in [6, 6.07) is 20.6. The van der Waals surface area contributed by atoms with Gasteiger partial charge in [-0.2, -0.15) is 0 Å². The summed E-state index contributed by atoms with van der Waals surface area (Å²) in [7, 11) is 0. The van der Waals surface area contributed by atoms with Crippen LogP contribution >= 0.6 is 0 Å². The first-order chi connectivity index (χ1) is 9.83. The summed E-state index contributed by atoms with van der Waals surface area (Å²) in [4.78, 5) is 13.6. The first-order valence-corrected chi connectivity index (χ1v) is 7.10. The second-order valence-electron chi connectivity index (χ2n) is 4.99. The van der Waals surface area contributed by atoms with Crippen molar-refractivity contribution in [1.82, 2.24) is 4.90 Å². The number of benzene rings is 2. The quantitative estimate of drug-likeness (QED) is 0.713. The highest BCUT2D eigenvalue weighted by molar-refractivity contribution is 5.57. The summed E-state index contributed by atoms with van der Waals surface area (Å²) in [6.45, 7) is 3.65. The Hall–Kier alpha value is -1.93. The predicted octanol–water partition coefficient (Wildman–Crippen LogP) is 3.67. The molecular weight excluding hydrogens is 246 g/mol. The molecule has 2 nitrogen and oxygen atoms in total. The maximum atomic E-state index is 11.3. The van der Waals surface area contributed by atoms with Crippen molar-refractivity contribution >= 4 is 6.29 Å². The molecule has 0 spiro atoms. The Labute approximate surface area is 121 Å². The number of nitrogens with zero attached hydrogens (tertiary/aromatic N) is 1. The molecule has 104 valence electrons. The summed E-state index contributed by atoms with van der Waals surface area (Å²) in [6.07, 6.45) is 1.90. The van der Waals surface area contributed by atoms with Gasteiger partial charge >= 0.3 is 0 Å². The third-order valence-electron chi connectivity index (χ3n) is 3.50. The lowest BCUT2D eigenvalue weighted by atomic mass is 10.1. The summed E-state index contributed by atoms with van der Waals surface area (Å²) in [5, 5.41) is 0. The topological polar surface area (TPSA) is 20.3 Å². The minimum absolute atomic E-state index is 0.0320. The molecule has 0 aliphatic carbocycles. The maximum absolute atomic E-state index is 11.3. The molecule has 2 rings (SSSR count). The predicted molar refractivity (Wildman–Crippen MR) is 82.3 cm³/mol. The Morgan fingerprint density at radius 2 is 1.35 bits per heavy atom. The van der Waals surface area contributed by atoms with Crippen molar-refractivity contribution in [2.45, 2.75) is 32.5 Å². The van der Waals surface area contributed by atoms with Crippen molar-refractivity contribution in [3.63, 3.8) is 0 Å². The first kappa shape index (κ1) is 14.5. The van der Waals surface area contributed by atoms with Crippen LogP contribution in [-0.2, 0) is 17.9 Å². The first-order valence-electron chi connectivity index (χ1n) is 7.10. The molecule has 20 heavy (non-hydrogen) atoms. The Kier molecular flexibility index (Phi) is 5.51. The van der Waals surface area contributed by atoms with Crippen LogP contribution in [0.2, 0.25) is 0 Å². The maximum Gasteiger partial charge on any atom is 0.137 e. The molecule has 0 aromatic heterocycles. The third kappa shape index (κ3) is 4.04. The Balaban J connectivity index is 2.14. The average molecular weight is 267 g/mol. The van der Waals surface area contributed by atoms with E-state index in [1.807, 2.05) is 36.4 Å². The molecule has 0 radical (unpaired) electrons. The molecule has 0 fully saturated rings. The normalized spacial score (nSPS) is 12.3. The molecule has 0 saturated carbocycles. The van der Waals surface area contributed by atoms with E-state index in [1.165, 1.54) is 11.1 Å². The molecule has 0 aliphatic rings. The monoisotopic (exact) mass is 267 g/mol. The van der Waals surface area contributed by atoms with Crippen LogP contribution < -0.4 is 0 Å². The van der Waals surface area contributed by atoms with Gasteiger partial charge < -0.3 is 4.79 Å². The zero-order chi connectivity index (χ0) is 14.2. The van der Waals surface area contributed by atoms with Crippen LogP contribution in [0, 0.1) is 0 Å². The number of carbonyl (C=O) groups excluding carboxylic acids is 1. The van der Waals surface area contributed by atoms with Crippen LogP contribution in [0.5, 0.6) is 0 Å². The highest BCUT2D eigenvalue weighted by Gasteiger charge is 2.16. The lowest BCUT2D eigenvalue weighted by Gasteiger charge is -2.27. The van der Waals surface area contributed by atoms with Gasteiger partial charge in [-0.1, -0.05) is 67.6 Å². The lowest BCUT2D eigenvalue weighted by molar-refractivity contribution is -0.113.